The van der Waals surface area contributed by atoms with E-state index in [1.54, 1.807) is 24.3 Å². The molecule has 35 heavy (non-hydrogen) atoms. The number of benzene rings is 3. The monoisotopic (exact) mass is 470 g/mol. The molecule has 7 heteroatoms. The molecule has 1 spiro atoms. The average molecular weight is 471 g/mol. The molecule has 1 fully saturated rings. The fourth-order valence-electron chi connectivity index (χ4n) is 5.79. The number of hydrogen-bond acceptors (Lipinski definition) is 6. The number of nitrogens with one attached hydrogen (secondary N) is 1. The molecule has 2 aliphatic rings. The Morgan fingerprint density at radius 2 is 1.49 bits per heavy atom. The fraction of sp³-hybridized carbons (Fsp3) is 0.250. The Bertz CT molecular complexity index is 1290. The van der Waals surface area contributed by atoms with Crippen molar-refractivity contribution in [2.24, 2.45) is 5.41 Å². The lowest BCUT2D eigenvalue weighted by molar-refractivity contribution is -0.175. The lowest BCUT2D eigenvalue weighted by atomic mass is 9.66. The number of methoxy groups -OCH3 is 2. The van der Waals surface area contributed by atoms with Gasteiger partial charge < -0.3 is 19.7 Å². The maximum Gasteiger partial charge on any atom is 0.326 e. The van der Waals surface area contributed by atoms with Crippen LogP contribution < -0.4 is 10.2 Å². The van der Waals surface area contributed by atoms with E-state index in [0.717, 1.165) is 11.1 Å². The number of ether oxygens (including phenoxy) is 2. The van der Waals surface area contributed by atoms with Gasteiger partial charge in [-0.05, 0) is 30.7 Å². The average Bonchev–Trinajstić information content (AvgIpc) is 3.38. The third-order valence-electron chi connectivity index (χ3n) is 7.25. The van der Waals surface area contributed by atoms with E-state index < -0.39 is 34.8 Å². The number of nitrogens with zero attached hydrogens (tertiary/aromatic N) is 1. The van der Waals surface area contributed by atoms with E-state index in [1.165, 1.54) is 14.2 Å². The smallest absolute Gasteiger partial charge is 0.326 e. The first kappa shape index (κ1) is 22.7. The minimum Gasteiger partial charge on any atom is -0.468 e. The van der Waals surface area contributed by atoms with E-state index in [-0.39, 0.29) is 6.42 Å². The predicted molar refractivity (Wildman–Crippen MR) is 131 cm³/mol. The summed E-state index contributed by atoms with van der Waals surface area (Å²) in [7, 11) is 2.46. The van der Waals surface area contributed by atoms with Crippen molar-refractivity contribution in [1.82, 2.24) is 0 Å². The molecule has 0 radical (unpaired) electrons. The topological polar surface area (TPSA) is 84.9 Å². The molecule has 1 saturated heterocycles. The van der Waals surface area contributed by atoms with Crippen LogP contribution in [0.1, 0.15) is 29.2 Å². The lowest BCUT2D eigenvalue weighted by Gasteiger charge is -2.44. The van der Waals surface area contributed by atoms with Gasteiger partial charge >= 0.3 is 11.9 Å². The summed E-state index contributed by atoms with van der Waals surface area (Å²) >= 11 is 0. The van der Waals surface area contributed by atoms with Crippen LogP contribution in [0.3, 0.4) is 0 Å². The minimum atomic E-state index is -1.96. The molecule has 0 bridgehead atoms. The largest absolute Gasteiger partial charge is 0.468 e. The summed E-state index contributed by atoms with van der Waals surface area (Å²) in [6.45, 7) is 1.99. The second kappa shape index (κ2) is 8.27. The van der Waals surface area contributed by atoms with Crippen molar-refractivity contribution in [2.45, 2.75) is 24.9 Å². The van der Waals surface area contributed by atoms with E-state index in [4.69, 9.17) is 9.47 Å². The SMILES string of the molecule is COC(=O)C1(C(=O)OC)C[C@H](c2ccc(C)cc2)N(c2ccccc2)[C@@]12C(=O)Nc1ccccc12. The summed E-state index contributed by atoms with van der Waals surface area (Å²) in [5.74, 6) is -2.11. The van der Waals surface area contributed by atoms with Crippen molar-refractivity contribution in [1.29, 1.82) is 0 Å². The van der Waals surface area contributed by atoms with Gasteiger partial charge in [0.1, 0.15) is 0 Å². The summed E-state index contributed by atoms with van der Waals surface area (Å²) < 4.78 is 10.5. The fourth-order valence-corrected chi connectivity index (χ4v) is 5.79. The molecule has 2 aliphatic heterocycles. The molecule has 2 atom stereocenters. The quantitative estimate of drug-likeness (QED) is 0.456. The Labute approximate surface area is 203 Å². The van der Waals surface area contributed by atoms with Gasteiger partial charge in [0.15, 0.2) is 5.54 Å². The van der Waals surface area contributed by atoms with Crippen LogP contribution >= 0.6 is 0 Å². The molecular weight excluding hydrogens is 444 g/mol. The molecule has 0 aliphatic carbocycles. The first-order chi connectivity index (χ1) is 16.9. The Kier molecular flexibility index (Phi) is 5.35. The number of aryl methyl sites for hydroxylation is 1. The van der Waals surface area contributed by atoms with Gasteiger partial charge in [-0.25, -0.2) is 0 Å². The second-order valence-corrected chi connectivity index (χ2v) is 8.93. The van der Waals surface area contributed by atoms with Crippen molar-refractivity contribution in [2.75, 3.05) is 24.4 Å². The van der Waals surface area contributed by atoms with Crippen molar-refractivity contribution in [3.8, 4) is 0 Å². The van der Waals surface area contributed by atoms with E-state index in [1.807, 2.05) is 66.4 Å². The molecule has 7 nitrogen and oxygen atoms in total. The third-order valence-corrected chi connectivity index (χ3v) is 7.25. The molecular formula is C28H26N2O5. The third kappa shape index (κ3) is 2.94. The van der Waals surface area contributed by atoms with E-state index in [2.05, 4.69) is 5.32 Å². The number of para-hydroxylation sites is 2. The normalized spacial score (nSPS) is 22.0. The molecule has 0 aromatic heterocycles. The zero-order valence-corrected chi connectivity index (χ0v) is 19.8. The lowest BCUT2D eigenvalue weighted by Crippen LogP contribution is -2.62. The highest BCUT2D eigenvalue weighted by Crippen LogP contribution is 2.64. The van der Waals surface area contributed by atoms with Crippen LogP contribution in [0.4, 0.5) is 11.4 Å². The predicted octanol–water partition coefficient (Wildman–Crippen LogP) is 4.13. The van der Waals surface area contributed by atoms with Crippen LogP contribution in [0, 0.1) is 12.3 Å². The van der Waals surface area contributed by atoms with Crippen molar-refractivity contribution in [3.63, 3.8) is 0 Å². The number of carbonyl (C=O) groups is 3. The van der Waals surface area contributed by atoms with Crippen LogP contribution in [-0.2, 0) is 29.4 Å². The van der Waals surface area contributed by atoms with E-state index in [9.17, 15) is 14.4 Å². The Hall–Kier alpha value is -4.13. The van der Waals surface area contributed by atoms with E-state index in [0.29, 0.717) is 16.9 Å². The standard InChI is InChI=1S/C28H26N2O5/c1-18-13-15-19(16-14-18)23-17-27(25(32)34-2,26(33)35-3)28(30(23)20-9-5-4-6-10-20)21-11-7-8-12-22(21)29-24(28)31/h4-16,23H,17H2,1-3H3,(H,29,31)/t23-,28+/m1/s1. The summed E-state index contributed by atoms with van der Waals surface area (Å²) in [4.78, 5) is 43.5. The van der Waals surface area contributed by atoms with Gasteiger partial charge in [0.2, 0.25) is 5.41 Å². The summed E-state index contributed by atoms with van der Waals surface area (Å²) in [6.07, 6.45) is -0.00788. The van der Waals surface area contributed by atoms with Crippen molar-refractivity contribution >= 4 is 29.2 Å². The number of rotatable bonds is 4. The molecule has 1 amide bonds. The van der Waals surface area contributed by atoms with Gasteiger partial charge in [0, 0.05) is 23.4 Å². The van der Waals surface area contributed by atoms with Crippen LogP contribution in [0.5, 0.6) is 0 Å². The van der Waals surface area contributed by atoms with Crippen LogP contribution in [-0.4, -0.2) is 32.1 Å². The molecule has 178 valence electrons. The molecule has 1 N–H and O–H groups in total. The molecule has 3 aromatic carbocycles. The molecule has 0 saturated carbocycles. The zero-order valence-electron chi connectivity index (χ0n) is 19.8. The number of carbonyl (C=O) groups excluding carboxylic acids is 3. The second-order valence-electron chi connectivity index (χ2n) is 8.93. The minimum absolute atomic E-state index is 0.00788. The summed E-state index contributed by atoms with van der Waals surface area (Å²) in [5, 5.41) is 2.93. The van der Waals surface area contributed by atoms with Gasteiger partial charge in [-0.1, -0.05) is 66.2 Å². The maximum absolute atomic E-state index is 14.2. The summed E-state index contributed by atoms with van der Waals surface area (Å²) in [5.41, 5.74) is 0.00724. The number of esters is 2. The number of anilines is 2. The highest BCUT2D eigenvalue weighted by Gasteiger charge is 2.78. The van der Waals surface area contributed by atoms with Crippen LogP contribution in [0.15, 0.2) is 78.9 Å². The molecule has 5 rings (SSSR count). The van der Waals surface area contributed by atoms with Gasteiger partial charge in [-0.15, -0.1) is 0 Å². The number of fused-ring (bicyclic) bond motifs is 2. The Balaban J connectivity index is 1.92. The number of hydrogen-bond donors (Lipinski definition) is 1. The Morgan fingerprint density at radius 1 is 0.886 bits per heavy atom. The highest BCUT2D eigenvalue weighted by molar-refractivity contribution is 6.18. The van der Waals surface area contributed by atoms with Gasteiger partial charge in [-0.2, -0.15) is 0 Å². The van der Waals surface area contributed by atoms with Gasteiger partial charge in [0.05, 0.1) is 20.3 Å². The van der Waals surface area contributed by atoms with E-state index >= 15 is 0 Å². The van der Waals surface area contributed by atoms with Crippen LogP contribution in [0.2, 0.25) is 0 Å². The highest BCUT2D eigenvalue weighted by atomic mass is 16.5. The zero-order chi connectivity index (χ0) is 24.8. The van der Waals surface area contributed by atoms with Gasteiger partial charge in [0.25, 0.3) is 5.91 Å². The summed E-state index contributed by atoms with van der Waals surface area (Å²) in [6, 6.07) is 23.9. The van der Waals surface area contributed by atoms with Gasteiger partial charge in [-0.3, -0.25) is 14.4 Å². The molecule has 0 unspecified atom stereocenters. The first-order valence-corrected chi connectivity index (χ1v) is 11.4. The molecule has 3 aromatic rings. The van der Waals surface area contributed by atoms with Crippen molar-refractivity contribution in [3.05, 3.63) is 95.6 Å². The molecule has 2 heterocycles. The maximum atomic E-state index is 14.2. The van der Waals surface area contributed by atoms with Crippen molar-refractivity contribution < 1.29 is 23.9 Å². The first-order valence-electron chi connectivity index (χ1n) is 11.4. The Morgan fingerprint density at radius 3 is 2.11 bits per heavy atom. The number of amides is 1. The van der Waals surface area contributed by atoms with Crippen LogP contribution in [0.25, 0.3) is 0 Å².